The number of phenolic OH excluding ortho intramolecular Hbond substituents is 1. The number of carbonyl (C=O) groups is 1. The fourth-order valence-corrected chi connectivity index (χ4v) is 2.47. The van der Waals surface area contributed by atoms with E-state index in [1.54, 1.807) is 0 Å². The van der Waals surface area contributed by atoms with Gasteiger partial charge in [-0.3, -0.25) is 4.79 Å². The number of rotatable bonds is 2. The number of carbonyl (C=O) groups excluding carboxylic acids is 1. The van der Waals surface area contributed by atoms with E-state index in [9.17, 15) is 9.90 Å². The van der Waals surface area contributed by atoms with Crippen molar-refractivity contribution >= 4 is 17.6 Å². The Balaban J connectivity index is 2.85. The zero-order valence-electron chi connectivity index (χ0n) is 12.8. The molecular formula is C17H16N4O2. The number of hydrogen-bond acceptors (Lipinski definition) is 2. The number of benzene rings is 2. The summed E-state index contributed by atoms with van der Waals surface area (Å²) in [5, 5.41) is 10.1. The molecule has 0 fully saturated rings. The average Bonchev–Trinajstić information content (AvgIpc) is 2.44. The average molecular weight is 308 g/mol. The lowest BCUT2D eigenvalue weighted by Gasteiger charge is -2.13. The van der Waals surface area contributed by atoms with Gasteiger partial charge >= 0.3 is 0 Å². The highest BCUT2D eigenvalue weighted by molar-refractivity contribution is 6.10. The van der Waals surface area contributed by atoms with Gasteiger partial charge in [-0.2, -0.15) is 4.99 Å². The van der Waals surface area contributed by atoms with E-state index in [1.165, 1.54) is 12.1 Å². The summed E-state index contributed by atoms with van der Waals surface area (Å²) in [6.07, 6.45) is 0. The Labute approximate surface area is 133 Å². The molecule has 2 rings (SSSR count). The molecule has 23 heavy (non-hydrogen) atoms. The Hall–Kier alpha value is -3.33. The number of aromatic hydroxyl groups is 1. The van der Waals surface area contributed by atoms with Crippen LogP contribution in [0, 0.1) is 20.4 Å². The van der Waals surface area contributed by atoms with Gasteiger partial charge in [0, 0.05) is 5.56 Å². The maximum atomic E-state index is 12.3. The highest BCUT2D eigenvalue weighted by Crippen LogP contribution is 2.39. The van der Waals surface area contributed by atoms with Crippen LogP contribution in [-0.2, 0) is 0 Å². The van der Waals surface area contributed by atoms with Crippen molar-refractivity contribution in [3.8, 4) is 16.9 Å². The maximum Gasteiger partial charge on any atom is 0.283 e. The van der Waals surface area contributed by atoms with E-state index >= 15 is 0 Å². The Morgan fingerprint density at radius 3 is 2.30 bits per heavy atom. The number of amides is 1. The van der Waals surface area contributed by atoms with Crippen molar-refractivity contribution in [1.29, 1.82) is 0 Å². The Kier molecular flexibility index (Phi) is 4.32. The normalized spacial score (nSPS) is 9.96. The van der Waals surface area contributed by atoms with Crippen molar-refractivity contribution in [1.82, 2.24) is 0 Å². The fraction of sp³-hybridized carbons (Fsp3) is 0.118. The molecule has 0 spiro atoms. The SMILES string of the molecule is [C-]#[N+]c1ccc(O)c(C(=O)N=C(N)N)c1-c1cc(C)cc(C)c1. The molecule has 116 valence electrons. The molecule has 0 aromatic heterocycles. The van der Waals surface area contributed by atoms with E-state index in [1.807, 2.05) is 32.0 Å². The second-order valence-corrected chi connectivity index (χ2v) is 5.18. The van der Waals surface area contributed by atoms with E-state index in [0.29, 0.717) is 11.1 Å². The topological polar surface area (TPSA) is 106 Å². The second-order valence-electron chi connectivity index (χ2n) is 5.18. The molecule has 2 aromatic carbocycles. The predicted octanol–water partition coefficient (Wildman–Crippen LogP) is 2.64. The molecule has 1 amide bonds. The number of nitrogens with zero attached hydrogens (tertiary/aromatic N) is 2. The van der Waals surface area contributed by atoms with E-state index in [2.05, 4.69) is 9.84 Å². The molecule has 0 unspecified atom stereocenters. The Morgan fingerprint density at radius 2 is 1.78 bits per heavy atom. The van der Waals surface area contributed by atoms with Crippen LogP contribution in [0.5, 0.6) is 5.75 Å². The van der Waals surface area contributed by atoms with Crippen LogP contribution in [0.25, 0.3) is 16.0 Å². The second kappa shape index (κ2) is 6.20. The minimum atomic E-state index is -0.790. The van der Waals surface area contributed by atoms with Gasteiger partial charge in [0.05, 0.1) is 12.1 Å². The first kappa shape index (κ1) is 16.0. The van der Waals surface area contributed by atoms with Crippen LogP contribution in [0.1, 0.15) is 21.5 Å². The van der Waals surface area contributed by atoms with Crippen LogP contribution < -0.4 is 11.5 Å². The molecule has 6 nitrogen and oxygen atoms in total. The van der Waals surface area contributed by atoms with Gasteiger partial charge in [-0.25, -0.2) is 4.85 Å². The number of aliphatic imine (C=N–C) groups is 1. The molecule has 0 aliphatic heterocycles. The van der Waals surface area contributed by atoms with Gasteiger partial charge in [-0.15, -0.1) is 0 Å². The number of phenols is 1. The minimum absolute atomic E-state index is 0.0862. The van der Waals surface area contributed by atoms with E-state index < -0.39 is 11.9 Å². The molecule has 0 radical (unpaired) electrons. The smallest absolute Gasteiger partial charge is 0.283 e. The van der Waals surface area contributed by atoms with Gasteiger partial charge in [-0.1, -0.05) is 35.4 Å². The number of aryl methyl sites for hydroxylation is 2. The molecular weight excluding hydrogens is 292 g/mol. The maximum absolute atomic E-state index is 12.3. The van der Waals surface area contributed by atoms with Gasteiger partial charge in [-0.05, 0) is 25.5 Å². The van der Waals surface area contributed by atoms with Crippen LogP contribution in [-0.4, -0.2) is 17.0 Å². The van der Waals surface area contributed by atoms with Gasteiger partial charge in [0.15, 0.2) is 11.6 Å². The molecule has 0 heterocycles. The monoisotopic (exact) mass is 308 g/mol. The van der Waals surface area contributed by atoms with Crippen molar-refractivity contribution in [2.45, 2.75) is 13.8 Å². The van der Waals surface area contributed by atoms with Crippen molar-refractivity contribution < 1.29 is 9.90 Å². The van der Waals surface area contributed by atoms with Gasteiger partial charge in [0.2, 0.25) is 0 Å². The molecule has 2 aromatic rings. The minimum Gasteiger partial charge on any atom is -0.507 e. The van der Waals surface area contributed by atoms with Crippen molar-refractivity contribution in [2.75, 3.05) is 0 Å². The molecule has 6 heteroatoms. The third kappa shape index (κ3) is 3.30. The lowest BCUT2D eigenvalue weighted by Crippen LogP contribution is -2.24. The lowest BCUT2D eigenvalue weighted by atomic mass is 9.94. The standard InChI is InChI=1S/C17H16N4O2/c1-9-6-10(2)8-11(7-9)14-12(20-3)4-5-13(22)15(14)16(23)21-17(18)19/h4-8,22H,1-2H3,(H4,18,19,21,23). The van der Waals surface area contributed by atoms with Crippen LogP contribution in [0.2, 0.25) is 0 Å². The first-order valence-electron chi connectivity index (χ1n) is 6.79. The largest absolute Gasteiger partial charge is 0.507 e. The Bertz CT molecular complexity index is 839. The summed E-state index contributed by atoms with van der Waals surface area (Å²) in [5.41, 5.74) is 13.6. The molecule has 0 saturated heterocycles. The summed E-state index contributed by atoms with van der Waals surface area (Å²) >= 11 is 0. The molecule has 0 atom stereocenters. The highest BCUT2D eigenvalue weighted by Gasteiger charge is 2.21. The van der Waals surface area contributed by atoms with Crippen LogP contribution in [0.15, 0.2) is 35.3 Å². The van der Waals surface area contributed by atoms with Crippen molar-refractivity contribution in [3.05, 3.63) is 58.4 Å². The van der Waals surface area contributed by atoms with Crippen molar-refractivity contribution in [2.24, 2.45) is 16.5 Å². The molecule has 0 bridgehead atoms. The third-order valence-electron chi connectivity index (χ3n) is 3.24. The summed E-state index contributed by atoms with van der Waals surface area (Å²) < 4.78 is 0. The quantitative estimate of drug-likeness (QED) is 0.450. The number of guanidine groups is 1. The molecule has 0 saturated carbocycles. The first-order valence-corrected chi connectivity index (χ1v) is 6.79. The summed E-state index contributed by atoms with van der Waals surface area (Å²) in [5.74, 6) is -1.47. The van der Waals surface area contributed by atoms with Crippen LogP contribution in [0.4, 0.5) is 5.69 Å². The Morgan fingerprint density at radius 1 is 1.17 bits per heavy atom. The lowest BCUT2D eigenvalue weighted by molar-refractivity contribution is 0.100. The van der Waals surface area contributed by atoms with Gasteiger partial charge < -0.3 is 16.6 Å². The van der Waals surface area contributed by atoms with Crippen LogP contribution >= 0.6 is 0 Å². The van der Waals surface area contributed by atoms with E-state index in [4.69, 9.17) is 18.0 Å². The molecule has 0 aliphatic carbocycles. The van der Waals surface area contributed by atoms with E-state index in [0.717, 1.165) is 11.1 Å². The first-order chi connectivity index (χ1) is 10.8. The molecule has 0 aliphatic rings. The summed E-state index contributed by atoms with van der Waals surface area (Å²) in [4.78, 5) is 19.2. The summed E-state index contributed by atoms with van der Waals surface area (Å²) in [7, 11) is 0. The zero-order chi connectivity index (χ0) is 17.1. The third-order valence-corrected chi connectivity index (χ3v) is 3.24. The summed E-state index contributed by atoms with van der Waals surface area (Å²) in [6.45, 7) is 11.2. The van der Waals surface area contributed by atoms with Crippen LogP contribution in [0.3, 0.4) is 0 Å². The predicted molar refractivity (Wildman–Crippen MR) is 89.4 cm³/mol. The summed E-state index contributed by atoms with van der Waals surface area (Å²) in [6, 6.07) is 8.39. The highest BCUT2D eigenvalue weighted by atomic mass is 16.3. The van der Waals surface area contributed by atoms with Crippen molar-refractivity contribution in [3.63, 3.8) is 0 Å². The van der Waals surface area contributed by atoms with Gasteiger partial charge in [0.25, 0.3) is 5.91 Å². The zero-order valence-corrected chi connectivity index (χ0v) is 12.8. The van der Waals surface area contributed by atoms with E-state index in [-0.39, 0.29) is 17.0 Å². The fourth-order valence-electron chi connectivity index (χ4n) is 2.47. The number of hydrogen-bond donors (Lipinski definition) is 3. The number of nitrogens with two attached hydrogens (primary N) is 2. The van der Waals surface area contributed by atoms with Gasteiger partial charge in [0.1, 0.15) is 5.75 Å². The molecule has 5 N–H and O–H groups in total.